The fourth-order valence-electron chi connectivity index (χ4n) is 1.78. The highest BCUT2D eigenvalue weighted by molar-refractivity contribution is 5.62. The van der Waals surface area contributed by atoms with Gasteiger partial charge >= 0.3 is 0 Å². The van der Waals surface area contributed by atoms with Gasteiger partial charge in [0.25, 0.3) is 0 Å². The Morgan fingerprint density at radius 3 is 2.83 bits per heavy atom. The van der Waals surface area contributed by atoms with Gasteiger partial charge in [0.15, 0.2) is 0 Å². The van der Waals surface area contributed by atoms with Crippen molar-refractivity contribution in [3.8, 4) is 5.88 Å². The monoisotopic (exact) mass is 246 g/mol. The van der Waals surface area contributed by atoms with Crippen LogP contribution in [0.3, 0.4) is 0 Å². The summed E-state index contributed by atoms with van der Waals surface area (Å²) >= 11 is 0. The molecular formula is C13H18N4O. The summed E-state index contributed by atoms with van der Waals surface area (Å²) < 4.78 is 6.92. The van der Waals surface area contributed by atoms with Crippen LogP contribution in [0.5, 0.6) is 5.88 Å². The topological polar surface area (TPSA) is 52.0 Å². The van der Waals surface area contributed by atoms with Crippen molar-refractivity contribution < 1.29 is 4.74 Å². The number of methoxy groups -OCH3 is 1. The predicted molar refractivity (Wildman–Crippen MR) is 71.4 cm³/mol. The molecule has 18 heavy (non-hydrogen) atoms. The van der Waals surface area contributed by atoms with Gasteiger partial charge in [0.05, 0.1) is 18.5 Å². The average molecular weight is 246 g/mol. The minimum absolute atomic E-state index is 0.373. The quantitative estimate of drug-likeness (QED) is 0.901. The van der Waals surface area contributed by atoms with Gasteiger partial charge in [0, 0.05) is 31.2 Å². The maximum atomic E-state index is 5.10. The molecule has 0 aromatic carbocycles. The SMILES string of the molecule is COc1cc(Nc2cn(C)nc2C(C)C)ccn1. The molecule has 2 aromatic heterocycles. The molecule has 0 atom stereocenters. The molecule has 0 amide bonds. The number of aryl methyl sites for hydroxylation is 1. The van der Waals surface area contributed by atoms with Crippen molar-refractivity contribution >= 4 is 11.4 Å². The van der Waals surface area contributed by atoms with Crippen LogP contribution in [0.4, 0.5) is 11.4 Å². The van der Waals surface area contributed by atoms with Crippen molar-refractivity contribution in [3.63, 3.8) is 0 Å². The highest BCUT2D eigenvalue weighted by Gasteiger charge is 2.11. The van der Waals surface area contributed by atoms with Crippen LogP contribution in [-0.4, -0.2) is 21.9 Å². The zero-order chi connectivity index (χ0) is 13.1. The van der Waals surface area contributed by atoms with Gasteiger partial charge in [-0.2, -0.15) is 5.10 Å². The number of hydrogen-bond acceptors (Lipinski definition) is 4. The second kappa shape index (κ2) is 5.08. The molecule has 2 rings (SSSR count). The number of ether oxygens (including phenoxy) is 1. The maximum Gasteiger partial charge on any atom is 0.214 e. The van der Waals surface area contributed by atoms with Crippen molar-refractivity contribution in [2.75, 3.05) is 12.4 Å². The first-order valence-electron chi connectivity index (χ1n) is 5.90. The third-order valence-electron chi connectivity index (χ3n) is 2.63. The lowest BCUT2D eigenvalue weighted by molar-refractivity contribution is 0.398. The van der Waals surface area contributed by atoms with Crippen LogP contribution < -0.4 is 10.1 Å². The van der Waals surface area contributed by atoms with Gasteiger partial charge in [-0.05, 0) is 12.0 Å². The molecule has 0 saturated carbocycles. The van der Waals surface area contributed by atoms with E-state index in [2.05, 4.69) is 29.2 Å². The van der Waals surface area contributed by atoms with Gasteiger partial charge in [-0.15, -0.1) is 0 Å². The van der Waals surface area contributed by atoms with Crippen LogP contribution in [0, 0.1) is 0 Å². The van der Waals surface area contributed by atoms with E-state index in [-0.39, 0.29) is 0 Å². The number of rotatable bonds is 4. The minimum atomic E-state index is 0.373. The van der Waals surface area contributed by atoms with E-state index in [9.17, 15) is 0 Å². The third kappa shape index (κ3) is 2.61. The molecule has 5 heteroatoms. The number of pyridine rings is 1. The van der Waals surface area contributed by atoms with E-state index >= 15 is 0 Å². The summed E-state index contributed by atoms with van der Waals surface area (Å²) in [6.07, 6.45) is 3.69. The van der Waals surface area contributed by atoms with Crippen molar-refractivity contribution in [2.24, 2.45) is 7.05 Å². The molecule has 0 radical (unpaired) electrons. The van der Waals surface area contributed by atoms with Crippen molar-refractivity contribution in [1.82, 2.24) is 14.8 Å². The molecule has 0 fully saturated rings. The number of aromatic nitrogens is 3. The average Bonchev–Trinajstić information content (AvgIpc) is 2.70. The Morgan fingerprint density at radius 1 is 1.39 bits per heavy atom. The zero-order valence-electron chi connectivity index (χ0n) is 11.1. The largest absolute Gasteiger partial charge is 0.481 e. The number of nitrogens with zero attached hydrogens (tertiary/aromatic N) is 3. The molecule has 1 N–H and O–H groups in total. The molecule has 0 bridgehead atoms. The fraction of sp³-hybridized carbons (Fsp3) is 0.385. The molecule has 0 aliphatic heterocycles. The van der Waals surface area contributed by atoms with E-state index < -0.39 is 0 Å². The van der Waals surface area contributed by atoms with Gasteiger partial charge < -0.3 is 10.1 Å². The van der Waals surface area contributed by atoms with Crippen LogP contribution in [0.15, 0.2) is 24.5 Å². The summed E-state index contributed by atoms with van der Waals surface area (Å²) in [6.45, 7) is 4.25. The van der Waals surface area contributed by atoms with Crippen molar-refractivity contribution in [3.05, 3.63) is 30.2 Å². The second-order valence-electron chi connectivity index (χ2n) is 4.47. The van der Waals surface area contributed by atoms with E-state index in [1.54, 1.807) is 13.3 Å². The van der Waals surface area contributed by atoms with Gasteiger partial charge in [-0.1, -0.05) is 13.8 Å². The maximum absolute atomic E-state index is 5.10. The van der Waals surface area contributed by atoms with E-state index in [0.717, 1.165) is 17.1 Å². The first kappa shape index (κ1) is 12.4. The van der Waals surface area contributed by atoms with Crippen molar-refractivity contribution in [2.45, 2.75) is 19.8 Å². The molecule has 0 unspecified atom stereocenters. The van der Waals surface area contributed by atoms with Gasteiger partial charge in [0.1, 0.15) is 0 Å². The molecule has 2 heterocycles. The first-order valence-corrected chi connectivity index (χ1v) is 5.90. The van der Waals surface area contributed by atoms with Gasteiger partial charge in [-0.3, -0.25) is 4.68 Å². The fourth-order valence-corrected chi connectivity index (χ4v) is 1.78. The summed E-state index contributed by atoms with van der Waals surface area (Å²) in [5, 5.41) is 7.80. The minimum Gasteiger partial charge on any atom is -0.481 e. The molecule has 0 aliphatic carbocycles. The van der Waals surface area contributed by atoms with Gasteiger partial charge in [-0.25, -0.2) is 4.98 Å². The van der Waals surface area contributed by atoms with Crippen LogP contribution >= 0.6 is 0 Å². The normalized spacial score (nSPS) is 10.7. The lowest BCUT2D eigenvalue weighted by Gasteiger charge is -2.08. The number of hydrogen-bond donors (Lipinski definition) is 1. The number of anilines is 2. The van der Waals surface area contributed by atoms with Crippen molar-refractivity contribution in [1.29, 1.82) is 0 Å². The molecule has 2 aromatic rings. The molecule has 0 spiro atoms. The summed E-state index contributed by atoms with van der Waals surface area (Å²) in [6, 6.07) is 3.76. The molecular weight excluding hydrogens is 228 g/mol. The smallest absolute Gasteiger partial charge is 0.214 e. The predicted octanol–water partition coefficient (Wildman–Crippen LogP) is 2.69. The van der Waals surface area contributed by atoms with Crippen LogP contribution in [0.2, 0.25) is 0 Å². The van der Waals surface area contributed by atoms with Crippen LogP contribution in [0.25, 0.3) is 0 Å². The summed E-state index contributed by atoms with van der Waals surface area (Å²) in [7, 11) is 3.53. The molecule has 96 valence electrons. The van der Waals surface area contributed by atoms with E-state index in [4.69, 9.17) is 4.74 Å². The highest BCUT2D eigenvalue weighted by Crippen LogP contribution is 2.26. The summed E-state index contributed by atoms with van der Waals surface area (Å²) in [5.41, 5.74) is 3.01. The third-order valence-corrected chi connectivity index (χ3v) is 2.63. The lowest BCUT2D eigenvalue weighted by atomic mass is 10.1. The Balaban J connectivity index is 2.27. The molecule has 0 aliphatic rings. The Bertz CT molecular complexity index is 534. The molecule has 0 saturated heterocycles. The Kier molecular flexibility index (Phi) is 3.50. The lowest BCUT2D eigenvalue weighted by Crippen LogP contribution is -1.97. The summed E-state index contributed by atoms with van der Waals surface area (Å²) in [5.74, 6) is 0.965. The highest BCUT2D eigenvalue weighted by atomic mass is 16.5. The van der Waals surface area contributed by atoms with E-state index in [1.807, 2.05) is 30.1 Å². The van der Waals surface area contributed by atoms with Crippen LogP contribution in [-0.2, 0) is 7.05 Å². The van der Waals surface area contributed by atoms with E-state index in [0.29, 0.717) is 11.8 Å². The number of nitrogens with one attached hydrogen (secondary N) is 1. The Labute approximate surface area is 107 Å². The second-order valence-corrected chi connectivity index (χ2v) is 4.47. The Hall–Kier alpha value is -2.04. The standard InChI is InChI=1S/C13H18N4O/c1-9(2)13-11(8-17(3)16-13)15-10-5-6-14-12(7-10)18-4/h5-9H,1-4H3,(H,14,15). The van der Waals surface area contributed by atoms with Gasteiger partial charge in [0.2, 0.25) is 5.88 Å². The van der Waals surface area contributed by atoms with Crippen LogP contribution in [0.1, 0.15) is 25.5 Å². The molecule has 5 nitrogen and oxygen atoms in total. The van der Waals surface area contributed by atoms with E-state index in [1.165, 1.54) is 0 Å². The first-order chi connectivity index (χ1) is 8.60. The summed E-state index contributed by atoms with van der Waals surface area (Å²) in [4.78, 5) is 4.08. The Morgan fingerprint density at radius 2 is 2.17 bits per heavy atom. The zero-order valence-corrected chi connectivity index (χ0v) is 11.1.